The number of fused-ring (bicyclic) bond motifs is 1. The molecule has 0 unspecified atom stereocenters. The highest BCUT2D eigenvalue weighted by atomic mass is 32.1. The average Bonchev–Trinajstić information content (AvgIpc) is 3.16. The lowest BCUT2D eigenvalue weighted by Crippen LogP contribution is -2.38. The molecule has 0 radical (unpaired) electrons. The van der Waals surface area contributed by atoms with Crippen LogP contribution in [0.2, 0.25) is 0 Å². The van der Waals surface area contributed by atoms with Crippen LogP contribution < -0.4 is 11.2 Å². The topological polar surface area (TPSA) is 44.0 Å². The number of rotatable bonds is 3. The summed E-state index contributed by atoms with van der Waals surface area (Å²) in [6.45, 7) is 0.257. The van der Waals surface area contributed by atoms with E-state index in [0.717, 1.165) is 16.0 Å². The van der Waals surface area contributed by atoms with Crippen molar-refractivity contribution in [1.82, 2.24) is 9.13 Å². The van der Waals surface area contributed by atoms with Gasteiger partial charge in [0.15, 0.2) is 0 Å². The lowest BCUT2D eigenvalue weighted by atomic mass is 10.2. The third-order valence-corrected chi connectivity index (χ3v) is 5.67. The van der Waals surface area contributed by atoms with Gasteiger partial charge in [-0.1, -0.05) is 72.5 Å². The summed E-state index contributed by atoms with van der Waals surface area (Å²) in [6.07, 6.45) is 0.645. The molecule has 0 N–H and O–H groups in total. The predicted octanol–water partition coefficient (Wildman–Crippen LogP) is 3.40. The molecule has 0 fully saturated rings. The Morgan fingerprint density at radius 3 is 2.25 bits per heavy atom. The molecule has 0 amide bonds. The predicted molar refractivity (Wildman–Crippen MR) is 114 cm³/mol. The number of hydrogen-bond acceptors (Lipinski definition) is 3. The van der Waals surface area contributed by atoms with E-state index >= 15 is 0 Å². The van der Waals surface area contributed by atoms with E-state index in [-0.39, 0.29) is 17.8 Å². The smallest absolute Gasteiger partial charge is 0.287 e. The van der Waals surface area contributed by atoms with Crippen LogP contribution >= 0.6 is 11.3 Å². The van der Waals surface area contributed by atoms with Crippen LogP contribution in [0, 0.1) is 11.8 Å². The Morgan fingerprint density at radius 1 is 0.929 bits per heavy atom. The van der Waals surface area contributed by atoms with E-state index < -0.39 is 0 Å². The fraction of sp³-hybridized carbons (Fsp3) is 0.130. The van der Waals surface area contributed by atoms with Crippen LogP contribution in [0.1, 0.15) is 16.0 Å². The minimum absolute atomic E-state index is 0.257. The maximum atomic E-state index is 12.9. The molecule has 0 saturated carbocycles. The highest BCUT2D eigenvalue weighted by Gasteiger charge is 2.14. The van der Waals surface area contributed by atoms with Crippen molar-refractivity contribution in [3.8, 4) is 11.8 Å². The summed E-state index contributed by atoms with van der Waals surface area (Å²) < 4.78 is 2.82. The molecule has 0 saturated heterocycles. The summed E-state index contributed by atoms with van der Waals surface area (Å²) >= 11 is 1.38. The monoisotopic (exact) mass is 386 g/mol. The Balaban J connectivity index is 1.72. The summed E-state index contributed by atoms with van der Waals surface area (Å²) in [5, 5.41) is 0.534. The molecule has 0 bridgehead atoms. The number of aromatic nitrogens is 2. The van der Waals surface area contributed by atoms with Crippen LogP contribution in [0.4, 0.5) is 0 Å². The number of aryl methyl sites for hydroxylation is 1. The normalized spacial score (nSPS) is 10.6. The lowest BCUT2D eigenvalue weighted by Gasteiger charge is -2.08. The standard InChI is InChI=1S/C23H18N2O2S/c1-24-22-20(15-19(28-22)14-8-13-17-9-4-2-5-10-17)21(26)25(23(24)27)16-18-11-6-3-7-12-18/h2-7,9-12,15H,13,16H2,1H3. The first-order valence-corrected chi connectivity index (χ1v) is 9.75. The average molecular weight is 386 g/mol. The van der Waals surface area contributed by atoms with Crippen molar-refractivity contribution in [2.75, 3.05) is 0 Å². The summed E-state index contributed by atoms with van der Waals surface area (Å²) in [5.74, 6) is 6.28. The van der Waals surface area contributed by atoms with E-state index in [1.807, 2.05) is 60.7 Å². The van der Waals surface area contributed by atoms with E-state index in [4.69, 9.17) is 0 Å². The van der Waals surface area contributed by atoms with Gasteiger partial charge in [0.2, 0.25) is 0 Å². The molecule has 0 aliphatic heterocycles. The number of hydrogen-bond donors (Lipinski definition) is 0. The largest absolute Gasteiger partial charge is 0.332 e. The third kappa shape index (κ3) is 3.55. The molecule has 0 atom stereocenters. The van der Waals surface area contributed by atoms with Gasteiger partial charge < -0.3 is 0 Å². The minimum atomic E-state index is -0.313. The summed E-state index contributed by atoms with van der Waals surface area (Å²) in [7, 11) is 1.70. The fourth-order valence-electron chi connectivity index (χ4n) is 3.08. The molecule has 2 aromatic carbocycles. The van der Waals surface area contributed by atoms with E-state index in [1.54, 1.807) is 13.1 Å². The van der Waals surface area contributed by atoms with Gasteiger partial charge in [0.1, 0.15) is 4.83 Å². The van der Waals surface area contributed by atoms with Crippen LogP contribution in [-0.4, -0.2) is 9.13 Å². The SMILES string of the molecule is Cn1c(=O)n(Cc2ccccc2)c(=O)c2cc(C#CCc3ccccc3)sc21. The van der Waals surface area contributed by atoms with Crippen molar-refractivity contribution in [2.45, 2.75) is 13.0 Å². The van der Waals surface area contributed by atoms with E-state index in [1.165, 1.54) is 20.5 Å². The molecule has 2 heterocycles. The van der Waals surface area contributed by atoms with Gasteiger partial charge in [-0.3, -0.25) is 13.9 Å². The van der Waals surface area contributed by atoms with Gasteiger partial charge in [-0.15, -0.1) is 11.3 Å². The van der Waals surface area contributed by atoms with Crippen molar-refractivity contribution in [3.63, 3.8) is 0 Å². The molecular formula is C23H18N2O2S. The van der Waals surface area contributed by atoms with Crippen molar-refractivity contribution in [3.05, 3.63) is 104 Å². The van der Waals surface area contributed by atoms with Gasteiger partial charge in [-0.2, -0.15) is 0 Å². The molecule has 0 spiro atoms. The third-order valence-electron chi connectivity index (χ3n) is 4.54. The van der Waals surface area contributed by atoms with E-state index in [2.05, 4.69) is 11.8 Å². The molecule has 0 aliphatic carbocycles. The Bertz CT molecular complexity index is 1300. The first-order chi connectivity index (χ1) is 13.6. The molecule has 4 rings (SSSR count). The first-order valence-electron chi connectivity index (χ1n) is 8.93. The number of benzene rings is 2. The Morgan fingerprint density at radius 2 is 1.57 bits per heavy atom. The van der Waals surface area contributed by atoms with Crippen molar-refractivity contribution in [1.29, 1.82) is 0 Å². The van der Waals surface area contributed by atoms with Gasteiger partial charge in [0.05, 0.1) is 16.8 Å². The maximum Gasteiger partial charge on any atom is 0.332 e. The summed E-state index contributed by atoms with van der Waals surface area (Å²) in [5.41, 5.74) is 1.48. The molecule has 28 heavy (non-hydrogen) atoms. The van der Waals surface area contributed by atoms with Crippen molar-refractivity contribution < 1.29 is 0 Å². The first kappa shape index (κ1) is 18.0. The van der Waals surface area contributed by atoms with Crippen molar-refractivity contribution in [2.24, 2.45) is 7.05 Å². The molecular weight excluding hydrogens is 368 g/mol. The van der Waals surface area contributed by atoms with Gasteiger partial charge in [-0.25, -0.2) is 4.79 Å². The minimum Gasteiger partial charge on any atom is -0.287 e. The lowest BCUT2D eigenvalue weighted by molar-refractivity contribution is 0.663. The maximum absolute atomic E-state index is 12.9. The second-order valence-corrected chi connectivity index (χ2v) is 7.54. The molecule has 5 heteroatoms. The molecule has 4 aromatic rings. The van der Waals surface area contributed by atoms with Gasteiger partial charge in [0.25, 0.3) is 5.56 Å². The van der Waals surface area contributed by atoms with Crippen LogP contribution in [-0.2, 0) is 20.0 Å². The van der Waals surface area contributed by atoms with Crippen LogP contribution in [0.5, 0.6) is 0 Å². The highest BCUT2D eigenvalue weighted by molar-refractivity contribution is 7.19. The zero-order valence-electron chi connectivity index (χ0n) is 15.4. The Hall–Kier alpha value is -3.36. The summed E-state index contributed by atoms with van der Waals surface area (Å²) in [6, 6.07) is 21.3. The van der Waals surface area contributed by atoms with Gasteiger partial charge in [-0.05, 0) is 17.2 Å². The molecule has 138 valence electrons. The zero-order valence-corrected chi connectivity index (χ0v) is 16.2. The van der Waals surface area contributed by atoms with Crippen molar-refractivity contribution >= 4 is 21.6 Å². The summed E-state index contributed by atoms with van der Waals surface area (Å²) in [4.78, 5) is 27.1. The van der Waals surface area contributed by atoms with Crippen LogP contribution in [0.3, 0.4) is 0 Å². The molecule has 4 nitrogen and oxygen atoms in total. The van der Waals surface area contributed by atoms with E-state index in [0.29, 0.717) is 16.6 Å². The van der Waals surface area contributed by atoms with Crippen LogP contribution in [0.15, 0.2) is 76.3 Å². The fourth-order valence-corrected chi connectivity index (χ4v) is 4.06. The number of nitrogens with zero attached hydrogens (tertiary/aromatic N) is 2. The number of thiophene rings is 1. The second-order valence-electron chi connectivity index (χ2n) is 6.51. The van der Waals surface area contributed by atoms with Crippen LogP contribution in [0.25, 0.3) is 10.2 Å². The Kier molecular flexibility index (Phi) is 4.96. The molecule has 2 aromatic heterocycles. The van der Waals surface area contributed by atoms with Gasteiger partial charge >= 0.3 is 5.69 Å². The van der Waals surface area contributed by atoms with Gasteiger partial charge in [0, 0.05) is 13.5 Å². The quantitative estimate of drug-likeness (QED) is 0.507. The highest BCUT2D eigenvalue weighted by Crippen LogP contribution is 2.21. The van der Waals surface area contributed by atoms with E-state index in [9.17, 15) is 9.59 Å². The Labute approximate surface area is 166 Å². The second kappa shape index (κ2) is 7.71. The zero-order chi connectivity index (χ0) is 19.5. The molecule has 0 aliphatic rings.